The Hall–Kier alpha value is -3.67. The highest BCUT2D eigenvalue weighted by molar-refractivity contribution is 5.71. The van der Waals surface area contributed by atoms with Crippen molar-refractivity contribution >= 4 is 17.9 Å². The van der Waals surface area contributed by atoms with E-state index in [1.807, 2.05) is 0 Å². The van der Waals surface area contributed by atoms with Crippen molar-refractivity contribution < 1.29 is 28.6 Å². The lowest BCUT2D eigenvalue weighted by atomic mass is 10.0. The van der Waals surface area contributed by atoms with Gasteiger partial charge in [-0.2, -0.15) is 0 Å². The van der Waals surface area contributed by atoms with Gasteiger partial charge in [-0.3, -0.25) is 14.4 Å². The summed E-state index contributed by atoms with van der Waals surface area (Å²) in [6.45, 7) is 6.44. The van der Waals surface area contributed by atoms with Crippen LogP contribution in [-0.2, 0) is 28.6 Å². The average Bonchev–Trinajstić information content (AvgIpc) is 3.42. The van der Waals surface area contributed by atoms with Crippen molar-refractivity contribution in [3.8, 4) is 0 Å². The van der Waals surface area contributed by atoms with Crippen LogP contribution >= 0.6 is 0 Å². The lowest BCUT2D eigenvalue weighted by Crippen LogP contribution is -2.30. The second kappa shape index (κ2) is 63.9. The van der Waals surface area contributed by atoms with Gasteiger partial charge in [-0.15, -0.1) is 0 Å². The molecule has 0 aliphatic rings. The maximum Gasteiger partial charge on any atom is 0.306 e. The van der Waals surface area contributed by atoms with Gasteiger partial charge in [0.25, 0.3) is 0 Å². The van der Waals surface area contributed by atoms with Crippen LogP contribution in [0.4, 0.5) is 0 Å². The number of allylic oxidation sites excluding steroid dienone is 16. The van der Waals surface area contributed by atoms with E-state index in [4.69, 9.17) is 14.2 Å². The summed E-state index contributed by atoms with van der Waals surface area (Å²) >= 11 is 0. The quantitative estimate of drug-likeness (QED) is 0.0261. The topological polar surface area (TPSA) is 78.9 Å². The number of carbonyl (C=O) groups is 3. The Balaban J connectivity index is 4.27. The molecule has 0 aromatic carbocycles. The van der Waals surface area contributed by atoms with Gasteiger partial charge < -0.3 is 14.2 Å². The molecule has 0 rings (SSSR count). The molecule has 0 amide bonds. The van der Waals surface area contributed by atoms with E-state index in [9.17, 15) is 14.4 Å². The number of hydrogen-bond acceptors (Lipinski definition) is 6. The van der Waals surface area contributed by atoms with Crippen LogP contribution in [-0.4, -0.2) is 37.2 Å². The lowest BCUT2D eigenvalue weighted by molar-refractivity contribution is -0.167. The van der Waals surface area contributed by atoms with Crippen molar-refractivity contribution in [1.29, 1.82) is 0 Å². The molecule has 6 nitrogen and oxygen atoms in total. The summed E-state index contributed by atoms with van der Waals surface area (Å²) in [6, 6.07) is 0. The summed E-state index contributed by atoms with van der Waals surface area (Å²) in [5.41, 5.74) is 0. The van der Waals surface area contributed by atoms with Gasteiger partial charge in [0, 0.05) is 19.3 Å². The van der Waals surface area contributed by atoms with Gasteiger partial charge in [-0.05, 0) is 116 Å². The van der Waals surface area contributed by atoms with Crippen LogP contribution in [0.2, 0.25) is 0 Å². The molecule has 76 heavy (non-hydrogen) atoms. The zero-order chi connectivity index (χ0) is 55.0. The third kappa shape index (κ3) is 61.2. The van der Waals surface area contributed by atoms with Crippen LogP contribution < -0.4 is 0 Å². The van der Waals surface area contributed by atoms with Crippen LogP contribution in [0.25, 0.3) is 0 Å². The number of unbranched alkanes of at least 4 members (excludes halogenated alkanes) is 31. The fourth-order valence-electron chi connectivity index (χ4n) is 8.97. The van der Waals surface area contributed by atoms with Gasteiger partial charge in [0.05, 0.1) is 0 Å². The molecular formula is C70H120O6. The minimum atomic E-state index is -0.804. The summed E-state index contributed by atoms with van der Waals surface area (Å²) < 4.78 is 16.8. The molecule has 0 bridgehead atoms. The molecule has 0 saturated carbocycles. The monoisotopic (exact) mass is 1060 g/mol. The van der Waals surface area contributed by atoms with Crippen LogP contribution in [0, 0.1) is 0 Å². The first-order valence-corrected chi connectivity index (χ1v) is 32.2. The fraction of sp³-hybridized carbons (Fsp3) is 0.729. The summed E-state index contributed by atoms with van der Waals surface area (Å²) in [5, 5.41) is 0. The van der Waals surface area contributed by atoms with Crippen LogP contribution in [0.15, 0.2) is 97.2 Å². The van der Waals surface area contributed by atoms with E-state index in [0.717, 1.165) is 109 Å². The van der Waals surface area contributed by atoms with Crippen LogP contribution in [0.1, 0.15) is 310 Å². The van der Waals surface area contributed by atoms with E-state index >= 15 is 0 Å². The van der Waals surface area contributed by atoms with Gasteiger partial charge in [0.1, 0.15) is 13.2 Å². The summed E-state index contributed by atoms with van der Waals surface area (Å²) in [4.78, 5) is 38.2. The largest absolute Gasteiger partial charge is 0.462 e. The second-order valence-electron chi connectivity index (χ2n) is 21.3. The molecule has 1 atom stereocenters. The summed E-state index contributed by atoms with van der Waals surface area (Å²) in [7, 11) is 0. The zero-order valence-electron chi connectivity index (χ0n) is 50.0. The Morgan fingerprint density at radius 1 is 0.276 bits per heavy atom. The number of rotatable bonds is 58. The smallest absolute Gasteiger partial charge is 0.306 e. The molecule has 0 heterocycles. The van der Waals surface area contributed by atoms with Crippen molar-refractivity contribution in [3.05, 3.63) is 97.2 Å². The van der Waals surface area contributed by atoms with E-state index in [1.54, 1.807) is 0 Å². The molecule has 6 heteroatoms. The number of esters is 3. The highest BCUT2D eigenvalue weighted by atomic mass is 16.6. The molecule has 436 valence electrons. The Kier molecular flexibility index (Phi) is 60.8. The minimum absolute atomic E-state index is 0.0968. The van der Waals surface area contributed by atoms with E-state index in [0.29, 0.717) is 19.3 Å². The third-order valence-electron chi connectivity index (χ3n) is 13.8. The SMILES string of the molecule is CC/C=C\C/C=C\C/C=C\C/C=C\C/C=C\C/C=C\CCCCC(=O)OC(COC(=O)CCCCCCC/C=C\CCC)COC(=O)CCCCCCCCCCCCCCCCC/C=C\CCCCCCCCCC. The highest BCUT2D eigenvalue weighted by Crippen LogP contribution is 2.16. The van der Waals surface area contributed by atoms with Crippen LogP contribution in [0.5, 0.6) is 0 Å². The average molecular weight is 1060 g/mol. The van der Waals surface area contributed by atoms with Crippen molar-refractivity contribution in [2.45, 2.75) is 316 Å². The molecule has 0 saturated heterocycles. The van der Waals surface area contributed by atoms with E-state index in [2.05, 4.69) is 118 Å². The Morgan fingerprint density at radius 2 is 0.539 bits per heavy atom. The summed E-state index contributed by atoms with van der Waals surface area (Å²) in [5.74, 6) is -0.945. The first-order valence-electron chi connectivity index (χ1n) is 32.2. The molecule has 0 aliphatic heterocycles. The second-order valence-corrected chi connectivity index (χ2v) is 21.3. The van der Waals surface area contributed by atoms with Crippen LogP contribution in [0.3, 0.4) is 0 Å². The Morgan fingerprint density at radius 3 is 0.895 bits per heavy atom. The molecule has 0 fully saturated rings. The summed E-state index contributed by atoms with van der Waals surface area (Å²) in [6.07, 6.45) is 85.8. The predicted octanol–water partition coefficient (Wildman–Crippen LogP) is 22.0. The van der Waals surface area contributed by atoms with Gasteiger partial charge in [-0.1, -0.05) is 272 Å². The highest BCUT2D eigenvalue weighted by Gasteiger charge is 2.19. The third-order valence-corrected chi connectivity index (χ3v) is 13.8. The van der Waals surface area contributed by atoms with Gasteiger partial charge in [0.15, 0.2) is 6.10 Å². The molecule has 0 aromatic heterocycles. The molecule has 0 N–H and O–H groups in total. The van der Waals surface area contributed by atoms with Crippen molar-refractivity contribution in [3.63, 3.8) is 0 Å². The first kappa shape index (κ1) is 72.3. The lowest BCUT2D eigenvalue weighted by Gasteiger charge is -2.18. The van der Waals surface area contributed by atoms with E-state index < -0.39 is 6.10 Å². The minimum Gasteiger partial charge on any atom is -0.462 e. The first-order chi connectivity index (χ1) is 37.5. The zero-order valence-corrected chi connectivity index (χ0v) is 50.0. The number of carbonyl (C=O) groups excluding carboxylic acids is 3. The van der Waals surface area contributed by atoms with E-state index in [-0.39, 0.29) is 37.5 Å². The number of ether oxygens (including phenoxy) is 3. The molecule has 0 radical (unpaired) electrons. The van der Waals surface area contributed by atoms with E-state index in [1.165, 1.54) is 154 Å². The van der Waals surface area contributed by atoms with Gasteiger partial charge >= 0.3 is 17.9 Å². The molecule has 1 unspecified atom stereocenters. The van der Waals surface area contributed by atoms with Crippen molar-refractivity contribution in [2.24, 2.45) is 0 Å². The molecule has 0 spiro atoms. The van der Waals surface area contributed by atoms with Crippen molar-refractivity contribution in [1.82, 2.24) is 0 Å². The fourth-order valence-corrected chi connectivity index (χ4v) is 8.97. The molecule has 0 aliphatic carbocycles. The Bertz CT molecular complexity index is 1490. The van der Waals surface area contributed by atoms with Crippen molar-refractivity contribution in [2.75, 3.05) is 13.2 Å². The maximum absolute atomic E-state index is 12.9. The number of hydrogen-bond donors (Lipinski definition) is 0. The normalized spacial score (nSPS) is 12.7. The maximum atomic E-state index is 12.9. The molecule has 0 aromatic rings. The predicted molar refractivity (Wildman–Crippen MR) is 330 cm³/mol. The standard InChI is InChI=1S/C70H120O6/c1-4-7-10-13-16-19-22-24-26-28-30-32-33-34-35-36-37-39-40-42-44-46-48-51-54-57-60-63-69(72)75-66-67(65-74-68(71)62-59-56-53-50-21-18-15-12-9-6-3)76-70(73)64-61-58-55-52-49-47-45-43-41-38-31-29-27-25-23-20-17-14-11-8-5-2/h8,11-12,15,17,20,25,27-28,30-31,38,43,45,49,52,67H,4-7,9-10,13-14,16,18-19,21-24,26,29,32-37,39-42,44,46-48,50-51,53-66H2,1-3H3/b11-8-,15-12-,20-17-,27-25-,30-28-,38-31-,45-43-,52-49-. The molecular weight excluding hydrogens is 937 g/mol. The Labute approximate surface area is 470 Å². The van der Waals surface area contributed by atoms with Gasteiger partial charge in [0.2, 0.25) is 0 Å². The van der Waals surface area contributed by atoms with Gasteiger partial charge in [-0.25, -0.2) is 0 Å².